The zero-order chi connectivity index (χ0) is 60.5. The van der Waals surface area contributed by atoms with Gasteiger partial charge in [0.05, 0.1) is 4.11 Å². The Morgan fingerprint density at radius 2 is 1.25 bits per heavy atom. The van der Waals surface area contributed by atoms with Crippen molar-refractivity contribution in [3.8, 4) is 50.7 Å². The Morgan fingerprint density at radius 1 is 0.593 bits per heavy atom. The second-order valence-electron chi connectivity index (χ2n) is 26.3. The number of aromatic nitrogens is 2. The number of pyridine rings is 1. The summed E-state index contributed by atoms with van der Waals surface area (Å²) in [5.74, 6) is 1.80. The molecule has 0 fully saturated rings. The van der Waals surface area contributed by atoms with Crippen molar-refractivity contribution in [3.63, 3.8) is 0 Å². The number of anilines is 4. The van der Waals surface area contributed by atoms with Crippen LogP contribution in [0.4, 0.5) is 22.7 Å². The fourth-order valence-electron chi connectivity index (χ4n) is 11.9. The topological polar surface area (TPSA) is 33.5 Å². The molecule has 0 atom stereocenters. The summed E-state index contributed by atoms with van der Waals surface area (Å²) in [6.45, 7) is 29.5. The average molecular weight is 1250 g/mol. The molecule has 8 aromatic carbocycles. The van der Waals surface area contributed by atoms with Gasteiger partial charge in [-0.3, -0.25) is 0 Å². The molecule has 0 bridgehead atoms. The van der Waals surface area contributed by atoms with Crippen molar-refractivity contribution in [2.45, 2.75) is 131 Å². The van der Waals surface area contributed by atoms with E-state index >= 15 is 0 Å². The van der Waals surface area contributed by atoms with Crippen LogP contribution >= 0.6 is 0 Å². The Morgan fingerprint density at radius 3 is 1.96 bits per heavy atom. The normalized spacial score (nSPS) is 16.0. The third kappa shape index (κ3) is 10.6. The van der Waals surface area contributed by atoms with Gasteiger partial charge in [0.1, 0.15) is 5.82 Å². The standard InChI is InChI=1S/C75H75N4O.Pt/c1-71(2,3)46-49-39-52(41-53(40-49)72(4,5)6)58-29-22-28-57(51-33-36-62-64(42-51)75(12,13)38-37-74(62,10)11)70(58)78-48-77(66-31-19-20-32-67(66)78)54-25-21-26-55(43-54)80-56-34-35-60-59-27-17-18-30-65(59)79(68(60)44-56)69-45-63(73(7,8)9)61(47-76-69)50-23-15-14-16-24-50;/h14-36,39-42,45,47-48H,37-38,46H2,1-13H3;/q-3;/i39D,40D,41D,46D2;. The van der Waals surface area contributed by atoms with Crippen LogP contribution in [0.15, 0.2) is 176 Å². The first-order chi connectivity index (χ1) is 40.1. The number of hydrogen-bond donors (Lipinski definition) is 0. The molecule has 5 nitrogen and oxygen atoms in total. The van der Waals surface area contributed by atoms with Gasteiger partial charge in [-0.1, -0.05) is 211 Å². The molecule has 10 aromatic rings. The number of para-hydroxylation sites is 4. The third-order valence-corrected chi connectivity index (χ3v) is 16.1. The van der Waals surface area contributed by atoms with Crippen molar-refractivity contribution in [2.24, 2.45) is 5.41 Å². The maximum absolute atomic E-state index is 10.2. The van der Waals surface area contributed by atoms with Gasteiger partial charge in [0, 0.05) is 80.8 Å². The van der Waals surface area contributed by atoms with Gasteiger partial charge in [0.15, 0.2) is 0 Å². The quantitative estimate of drug-likeness (QED) is 0.135. The Kier molecular flexibility index (Phi) is 12.6. The minimum absolute atomic E-state index is 0. The van der Waals surface area contributed by atoms with Crippen molar-refractivity contribution in [2.75, 3.05) is 9.80 Å². The molecule has 0 amide bonds. The largest absolute Gasteiger partial charge is 0.509 e. The van der Waals surface area contributed by atoms with E-state index in [0.29, 0.717) is 28.3 Å². The number of rotatable bonds is 9. The van der Waals surface area contributed by atoms with Gasteiger partial charge in [-0.25, -0.2) is 4.98 Å². The van der Waals surface area contributed by atoms with Crippen molar-refractivity contribution in [3.05, 3.63) is 223 Å². The van der Waals surface area contributed by atoms with Crippen LogP contribution in [0.5, 0.6) is 11.5 Å². The molecule has 2 aliphatic rings. The fourth-order valence-corrected chi connectivity index (χ4v) is 11.9. The molecule has 0 saturated heterocycles. The van der Waals surface area contributed by atoms with Crippen LogP contribution in [0.1, 0.15) is 138 Å². The summed E-state index contributed by atoms with van der Waals surface area (Å²) in [6.07, 6.45) is 2.02. The van der Waals surface area contributed by atoms with Gasteiger partial charge in [-0.05, 0) is 120 Å². The molecule has 3 heterocycles. The predicted molar refractivity (Wildman–Crippen MR) is 336 cm³/mol. The number of nitrogens with zero attached hydrogens (tertiary/aromatic N) is 4. The van der Waals surface area contributed by atoms with Gasteiger partial charge in [0.2, 0.25) is 0 Å². The predicted octanol–water partition coefficient (Wildman–Crippen LogP) is 20.5. The minimum Gasteiger partial charge on any atom is -0.509 e. The first-order valence-corrected chi connectivity index (χ1v) is 28.2. The van der Waals surface area contributed by atoms with E-state index < -0.39 is 17.2 Å². The van der Waals surface area contributed by atoms with Gasteiger partial charge in [-0.2, -0.15) is 12.1 Å². The summed E-state index contributed by atoms with van der Waals surface area (Å²) in [6, 6.07) is 59.3. The van der Waals surface area contributed by atoms with E-state index in [1.165, 1.54) is 16.7 Å². The van der Waals surface area contributed by atoms with E-state index in [4.69, 9.17) is 9.72 Å². The fraction of sp³-hybridized carbons (Fsp3) is 0.280. The second kappa shape index (κ2) is 20.7. The maximum Gasteiger partial charge on any atom is 0.135 e. The van der Waals surface area contributed by atoms with Crippen LogP contribution in [0.2, 0.25) is 0 Å². The Hall–Kier alpha value is -7.20. The first-order valence-electron chi connectivity index (χ1n) is 30.7. The zero-order valence-corrected chi connectivity index (χ0v) is 51.3. The van der Waals surface area contributed by atoms with Crippen LogP contribution in [0.3, 0.4) is 0 Å². The van der Waals surface area contributed by atoms with E-state index in [2.05, 4.69) is 179 Å². The van der Waals surface area contributed by atoms with Crippen molar-refractivity contribution < 1.29 is 32.7 Å². The summed E-state index contributed by atoms with van der Waals surface area (Å²) in [7, 11) is 0. The molecule has 0 radical (unpaired) electrons. The molecule has 414 valence electrons. The summed E-state index contributed by atoms with van der Waals surface area (Å²) in [5.41, 5.74) is 12.3. The average Bonchev–Trinajstić information content (AvgIpc) is 0.967. The smallest absolute Gasteiger partial charge is 0.135 e. The summed E-state index contributed by atoms with van der Waals surface area (Å²) < 4.78 is 58.3. The Balaban J connectivity index is 0.00000768. The molecule has 0 saturated carbocycles. The second-order valence-corrected chi connectivity index (χ2v) is 26.3. The van der Waals surface area contributed by atoms with E-state index in [1.807, 2.05) is 102 Å². The minimum atomic E-state index is -2.10. The van der Waals surface area contributed by atoms with Crippen LogP contribution in [0.25, 0.3) is 61.0 Å². The number of benzene rings is 8. The molecule has 0 unspecified atom stereocenters. The molecule has 2 aromatic heterocycles. The monoisotopic (exact) mass is 1250 g/mol. The van der Waals surface area contributed by atoms with Gasteiger partial charge >= 0.3 is 0 Å². The van der Waals surface area contributed by atoms with E-state index in [-0.39, 0.29) is 66.6 Å². The van der Waals surface area contributed by atoms with Crippen molar-refractivity contribution >= 4 is 44.6 Å². The molecular weight excluding hydrogens is 1170 g/mol. The third-order valence-electron chi connectivity index (χ3n) is 16.1. The molecule has 6 heteroatoms. The summed E-state index contributed by atoms with van der Waals surface area (Å²) in [5, 5.41) is 2.12. The molecule has 12 rings (SSSR count). The zero-order valence-electron chi connectivity index (χ0n) is 54.0. The summed E-state index contributed by atoms with van der Waals surface area (Å²) in [4.78, 5) is 9.41. The molecule has 0 spiro atoms. The number of hydrogen-bond acceptors (Lipinski definition) is 4. The van der Waals surface area contributed by atoms with Crippen LogP contribution in [-0.2, 0) is 49.1 Å². The van der Waals surface area contributed by atoms with Crippen LogP contribution < -0.4 is 14.5 Å². The summed E-state index contributed by atoms with van der Waals surface area (Å²) >= 11 is 0. The Bertz CT molecular complexity index is 4300. The van der Waals surface area contributed by atoms with Crippen LogP contribution in [0, 0.1) is 24.2 Å². The number of ether oxygens (including phenoxy) is 1. The molecule has 1 aliphatic carbocycles. The van der Waals surface area contributed by atoms with Crippen molar-refractivity contribution in [1.29, 1.82) is 0 Å². The van der Waals surface area contributed by atoms with Crippen molar-refractivity contribution in [1.82, 2.24) is 9.55 Å². The molecular formula is C75H75N4OPt-3. The molecule has 81 heavy (non-hydrogen) atoms. The molecule has 0 N–H and O–H groups in total. The van der Waals surface area contributed by atoms with Gasteiger partial charge in [0.25, 0.3) is 0 Å². The van der Waals surface area contributed by atoms with E-state index in [0.717, 1.165) is 79.8 Å². The van der Waals surface area contributed by atoms with Gasteiger partial charge < -0.3 is 19.1 Å². The Labute approximate surface area is 503 Å². The van der Waals surface area contributed by atoms with E-state index in [9.17, 15) is 6.85 Å². The molecule has 1 aliphatic heterocycles. The van der Waals surface area contributed by atoms with Crippen LogP contribution in [-0.4, -0.2) is 9.55 Å². The number of fused-ring (bicyclic) bond motifs is 5. The maximum atomic E-state index is 10.2. The first kappa shape index (κ1) is 49.6. The van der Waals surface area contributed by atoms with E-state index in [1.54, 1.807) is 0 Å². The van der Waals surface area contributed by atoms with Gasteiger partial charge in [-0.15, -0.1) is 48.1 Å². The SMILES string of the molecule is [2H]c1c(-c2cccc(-c3ccc4c(c3)C(C)(C)CCC4(C)C)c2N2[CH-]N(c3[c-]c(Oc4[c-]c5c(cc4)c4ccccc4n5-c4cc(C(C)(C)C)c(-c5ccccc5)cn4)ccc3)c3ccccc32)c([2H])c(C([2H])([2H])C(C)(C)C)c([2H])c1C(C)(C)C.[Pt].